The van der Waals surface area contributed by atoms with E-state index in [-0.39, 0.29) is 18.7 Å². The lowest BCUT2D eigenvalue weighted by molar-refractivity contribution is -0.138. The highest BCUT2D eigenvalue weighted by atomic mass is 32.1. The zero-order valence-corrected chi connectivity index (χ0v) is 18.2. The van der Waals surface area contributed by atoms with Crippen LogP contribution in [0.3, 0.4) is 0 Å². The number of halogens is 3. The van der Waals surface area contributed by atoms with E-state index in [4.69, 9.17) is 12.2 Å². The first-order valence-corrected chi connectivity index (χ1v) is 10.2. The van der Waals surface area contributed by atoms with Crippen molar-refractivity contribution in [1.29, 1.82) is 0 Å². The van der Waals surface area contributed by atoms with Crippen LogP contribution in [-0.2, 0) is 30.5 Å². The Bertz CT molecular complexity index is 1140. The molecule has 0 aliphatic carbocycles. The van der Waals surface area contributed by atoms with Gasteiger partial charge < -0.3 is 5.32 Å². The molecule has 7 nitrogen and oxygen atoms in total. The standard InChI is InChI=1S/C20H23F3N6OS/c1-4-5-17-25-26-19(31)28(17)11-18(30)24-10-14-6-7-15(9-16(14)20(21,22)23)29-13(3)8-12(2)27-29/h6-9H,4-5,10-11H2,1-3H3,(H,24,30)(H,26,31). The summed E-state index contributed by atoms with van der Waals surface area (Å²) in [5.74, 6) is 0.179. The van der Waals surface area contributed by atoms with E-state index in [0.29, 0.717) is 28.4 Å². The number of amides is 1. The third-order valence-corrected chi connectivity index (χ3v) is 5.05. The summed E-state index contributed by atoms with van der Waals surface area (Å²) in [6.45, 7) is 5.14. The molecular weight excluding hydrogens is 429 g/mol. The van der Waals surface area contributed by atoms with Gasteiger partial charge in [0.25, 0.3) is 0 Å². The second kappa shape index (κ2) is 9.04. The van der Waals surface area contributed by atoms with Crippen LogP contribution < -0.4 is 5.32 Å². The lowest BCUT2D eigenvalue weighted by atomic mass is 10.1. The van der Waals surface area contributed by atoms with Crippen molar-refractivity contribution in [3.63, 3.8) is 0 Å². The zero-order valence-electron chi connectivity index (χ0n) is 17.4. The lowest BCUT2D eigenvalue weighted by Gasteiger charge is -2.16. The summed E-state index contributed by atoms with van der Waals surface area (Å²) in [7, 11) is 0. The van der Waals surface area contributed by atoms with Crippen LogP contribution >= 0.6 is 12.2 Å². The van der Waals surface area contributed by atoms with Crippen LogP contribution in [0.25, 0.3) is 5.69 Å². The average Bonchev–Trinajstić information content (AvgIpc) is 3.21. The fraction of sp³-hybridized carbons (Fsp3) is 0.400. The van der Waals surface area contributed by atoms with E-state index in [2.05, 4.69) is 20.6 Å². The van der Waals surface area contributed by atoms with Gasteiger partial charge >= 0.3 is 6.18 Å². The minimum atomic E-state index is -4.58. The molecule has 1 aromatic carbocycles. The van der Waals surface area contributed by atoms with Crippen molar-refractivity contribution in [3.05, 3.63) is 57.4 Å². The Balaban J connectivity index is 1.80. The van der Waals surface area contributed by atoms with Gasteiger partial charge in [-0.1, -0.05) is 13.0 Å². The first kappa shape index (κ1) is 22.7. The molecule has 3 aromatic rings. The van der Waals surface area contributed by atoms with Crippen molar-refractivity contribution in [1.82, 2.24) is 29.9 Å². The largest absolute Gasteiger partial charge is 0.416 e. The number of benzene rings is 1. The maximum absolute atomic E-state index is 13.7. The van der Waals surface area contributed by atoms with E-state index < -0.39 is 17.6 Å². The van der Waals surface area contributed by atoms with Gasteiger partial charge in [0.05, 0.1) is 16.9 Å². The van der Waals surface area contributed by atoms with Crippen LogP contribution in [0.4, 0.5) is 13.2 Å². The molecule has 0 radical (unpaired) electrons. The third kappa shape index (κ3) is 5.22. The van der Waals surface area contributed by atoms with Crippen molar-refractivity contribution in [2.45, 2.75) is 52.9 Å². The number of carbonyl (C=O) groups excluding carboxylic acids is 1. The molecule has 0 fully saturated rings. The molecule has 0 atom stereocenters. The van der Waals surface area contributed by atoms with Crippen LogP contribution in [0, 0.1) is 18.6 Å². The first-order valence-electron chi connectivity index (χ1n) is 9.74. The fourth-order valence-electron chi connectivity index (χ4n) is 3.33. The topological polar surface area (TPSA) is 80.5 Å². The number of aromatic nitrogens is 5. The number of aryl methyl sites for hydroxylation is 3. The van der Waals surface area contributed by atoms with Gasteiger partial charge in [-0.2, -0.15) is 23.4 Å². The van der Waals surface area contributed by atoms with E-state index in [9.17, 15) is 18.0 Å². The number of nitrogens with one attached hydrogen (secondary N) is 2. The normalized spacial score (nSPS) is 11.7. The van der Waals surface area contributed by atoms with Gasteiger partial charge in [-0.15, -0.1) is 0 Å². The predicted octanol–water partition coefficient (Wildman–Crippen LogP) is 4.03. The smallest absolute Gasteiger partial charge is 0.350 e. The molecule has 0 saturated carbocycles. The van der Waals surface area contributed by atoms with Gasteiger partial charge in [0.2, 0.25) is 5.91 Å². The molecule has 166 valence electrons. The number of H-pyrrole nitrogens is 1. The molecule has 2 N–H and O–H groups in total. The van der Waals surface area contributed by atoms with Crippen molar-refractivity contribution in [2.24, 2.45) is 0 Å². The molecule has 3 rings (SSSR count). The first-order chi connectivity index (χ1) is 14.6. The highest BCUT2D eigenvalue weighted by molar-refractivity contribution is 7.71. The van der Waals surface area contributed by atoms with E-state index in [1.54, 1.807) is 30.5 Å². The molecule has 0 aliphatic rings. The third-order valence-electron chi connectivity index (χ3n) is 4.74. The Hall–Kier alpha value is -2.95. The zero-order chi connectivity index (χ0) is 22.8. The lowest BCUT2D eigenvalue weighted by Crippen LogP contribution is -2.29. The summed E-state index contributed by atoms with van der Waals surface area (Å²) in [5, 5.41) is 13.5. The molecule has 0 unspecified atom stereocenters. The molecule has 0 aliphatic heterocycles. The van der Waals surface area contributed by atoms with Crippen LogP contribution in [-0.4, -0.2) is 30.5 Å². The minimum Gasteiger partial charge on any atom is -0.350 e. The number of carbonyl (C=O) groups is 1. The summed E-state index contributed by atoms with van der Waals surface area (Å²) < 4.78 is 44.4. The maximum Gasteiger partial charge on any atom is 0.416 e. The SMILES string of the molecule is CCCc1n[nH]c(=S)n1CC(=O)NCc1ccc(-n2nc(C)cc2C)cc1C(F)(F)F. The Morgan fingerprint density at radius 2 is 2.00 bits per heavy atom. The van der Waals surface area contributed by atoms with Gasteiger partial charge in [-0.25, -0.2) is 4.68 Å². The van der Waals surface area contributed by atoms with E-state index >= 15 is 0 Å². The Morgan fingerprint density at radius 1 is 1.26 bits per heavy atom. The molecule has 31 heavy (non-hydrogen) atoms. The highest BCUT2D eigenvalue weighted by Gasteiger charge is 2.34. The Morgan fingerprint density at radius 3 is 2.61 bits per heavy atom. The molecule has 0 saturated heterocycles. The number of nitrogens with zero attached hydrogens (tertiary/aromatic N) is 4. The predicted molar refractivity (Wildman–Crippen MR) is 111 cm³/mol. The van der Waals surface area contributed by atoms with Gasteiger partial charge in [0.1, 0.15) is 12.4 Å². The van der Waals surface area contributed by atoms with Crippen LogP contribution in [0.15, 0.2) is 24.3 Å². The van der Waals surface area contributed by atoms with Gasteiger partial charge in [0.15, 0.2) is 4.77 Å². The van der Waals surface area contributed by atoms with Crippen LogP contribution in [0.5, 0.6) is 0 Å². The fourth-order valence-corrected chi connectivity index (χ4v) is 3.54. The van der Waals surface area contributed by atoms with Crippen molar-refractivity contribution < 1.29 is 18.0 Å². The summed E-state index contributed by atoms with van der Waals surface area (Å²) in [5.41, 5.74) is 0.899. The number of hydrogen-bond donors (Lipinski definition) is 2. The Labute approximate surface area is 182 Å². The number of aromatic amines is 1. The highest BCUT2D eigenvalue weighted by Crippen LogP contribution is 2.33. The molecule has 2 aromatic heterocycles. The van der Waals surface area contributed by atoms with Crippen molar-refractivity contribution in [2.75, 3.05) is 0 Å². The maximum atomic E-state index is 13.7. The summed E-state index contributed by atoms with van der Waals surface area (Å²) in [4.78, 5) is 12.4. The summed E-state index contributed by atoms with van der Waals surface area (Å²) in [6, 6.07) is 5.75. The monoisotopic (exact) mass is 452 g/mol. The van der Waals surface area contributed by atoms with Gasteiger partial charge in [0, 0.05) is 18.7 Å². The Kier molecular flexibility index (Phi) is 6.63. The number of rotatable bonds is 7. The summed E-state index contributed by atoms with van der Waals surface area (Å²) in [6.07, 6.45) is -3.13. The second-order valence-electron chi connectivity index (χ2n) is 7.24. The summed E-state index contributed by atoms with van der Waals surface area (Å²) >= 11 is 5.13. The molecule has 1 amide bonds. The van der Waals surface area contributed by atoms with Crippen molar-refractivity contribution in [3.8, 4) is 5.69 Å². The quantitative estimate of drug-likeness (QED) is 0.531. The van der Waals surface area contributed by atoms with E-state index in [0.717, 1.165) is 18.2 Å². The van der Waals surface area contributed by atoms with E-state index in [1.807, 2.05) is 6.92 Å². The van der Waals surface area contributed by atoms with Crippen LogP contribution in [0.2, 0.25) is 0 Å². The minimum absolute atomic E-state index is 0.0318. The molecule has 0 bridgehead atoms. The number of hydrogen-bond acceptors (Lipinski definition) is 4. The van der Waals surface area contributed by atoms with Crippen LogP contribution in [0.1, 0.15) is 41.7 Å². The van der Waals surface area contributed by atoms with Crippen molar-refractivity contribution >= 4 is 18.1 Å². The average molecular weight is 453 g/mol. The van der Waals surface area contributed by atoms with Gasteiger partial charge in [-0.3, -0.25) is 14.5 Å². The molecule has 0 spiro atoms. The second-order valence-corrected chi connectivity index (χ2v) is 7.62. The molecular formula is C20H23F3N6OS. The number of alkyl halides is 3. The molecule has 11 heteroatoms. The molecule has 2 heterocycles. The van der Waals surface area contributed by atoms with Gasteiger partial charge in [-0.05, 0) is 56.2 Å². The van der Waals surface area contributed by atoms with E-state index in [1.165, 1.54) is 10.7 Å².